The van der Waals surface area contributed by atoms with Crippen LogP contribution in [0.15, 0.2) is 23.0 Å². The highest BCUT2D eigenvalue weighted by molar-refractivity contribution is 6.38. The van der Waals surface area contributed by atoms with E-state index in [1.54, 1.807) is 6.20 Å². The molecule has 0 amide bonds. The van der Waals surface area contributed by atoms with Gasteiger partial charge in [-0.05, 0) is 19.9 Å². The molecule has 1 aliphatic rings. The van der Waals surface area contributed by atoms with E-state index in [0.29, 0.717) is 35.2 Å². The number of rotatable bonds is 3. The smallest absolute Gasteiger partial charge is 0.188 e. The van der Waals surface area contributed by atoms with Gasteiger partial charge in [-0.15, -0.1) is 0 Å². The Balaban J connectivity index is 1.88. The van der Waals surface area contributed by atoms with Gasteiger partial charge in [-0.25, -0.2) is 4.98 Å². The van der Waals surface area contributed by atoms with Crippen LogP contribution in [0, 0.1) is 0 Å². The molecular weight excluding hydrogens is 356 g/mol. The van der Waals surface area contributed by atoms with E-state index in [2.05, 4.69) is 15.0 Å². The maximum absolute atomic E-state index is 9.99. The first-order valence-corrected chi connectivity index (χ1v) is 8.97. The first-order valence-electron chi connectivity index (χ1n) is 8.59. The van der Waals surface area contributed by atoms with Gasteiger partial charge in [-0.3, -0.25) is 0 Å². The number of aliphatic hydroxyl groups is 1. The summed E-state index contributed by atoms with van der Waals surface area (Å²) in [5, 5.41) is 15.4. The summed E-state index contributed by atoms with van der Waals surface area (Å²) < 4.78 is 13.2. The van der Waals surface area contributed by atoms with Gasteiger partial charge in [0, 0.05) is 38.1 Å². The third kappa shape index (κ3) is 2.76. The van der Waals surface area contributed by atoms with Gasteiger partial charge < -0.3 is 23.8 Å². The molecule has 1 N–H and O–H groups in total. The van der Waals surface area contributed by atoms with Crippen molar-refractivity contribution in [3.63, 3.8) is 0 Å². The average Bonchev–Trinajstić information content (AvgIpc) is 3.19. The van der Waals surface area contributed by atoms with Crippen LogP contribution in [-0.2, 0) is 18.4 Å². The van der Waals surface area contributed by atoms with Crippen LogP contribution < -0.4 is 4.90 Å². The van der Waals surface area contributed by atoms with Crippen molar-refractivity contribution in [2.45, 2.75) is 32.7 Å². The molecule has 1 saturated heterocycles. The molecule has 26 heavy (non-hydrogen) atoms. The quantitative estimate of drug-likeness (QED) is 0.757. The lowest BCUT2D eigenvalue weighted by Gasteiger charge is -2.38. The van der Waals surface area contributed by atoms with Gasteiger partial charge in [0.05, 0.1) is 29.9 Å². The summed E-state index contributed by atoms with van der Waals surface area (Å²) >= 11 is 6.71. The molecule has 2 unspecified atom stereocenters. The molecule has 3 heterocycles. The molecule has 1 fully saturated rings. The van der Waals surface area contributed by atoms with Crippen LogP contribution in [0.4, 0.5) is 5.69 Å². The molecule has 1 aromatic carbocycles. The number of benzene rings is 1. The van der Waals surface area contributed by atoms with Crippen LogP contribution in [0.5, 0.6) is 0 Å². The lowest BCUT2D eigenvalue weighted by molar-refractivity contribution is -0.00531. The Bertz CT molecular complexity index is 941. The van der Waals surface area contributed by atoms with E-state index < -0.39 is 0 Å². The highest BCUT2D eigenvalue weighted by Gasteiger charge is 2.28. The molecule has 0 aliphatic carbocycles. The van der Waals surface area contributed by atoms with Crippen molar-refractivity contribution in [2.75, 3.05) is 18.0 Å². The number of hydrogen-bond donors (Lipinski definition) is 1. The highest BCUT2D eigenvalue weighted by atomic mass is 35.5. The Labute approximate surface area is 156 Å². The van der Waals surface area contributed by atoms with Gasteiger partial charge in [0.15, 0.2) is 17.1 Å². The van der Waals surface area contributed by atoms with Crippen LogP contribution in [0.1, 0.15) is 19.4 Å². The first kappa shape index (κ1) is 17.3. The van der Waals surface area contributed by atoms with Gasteiger partial charge in [0.1, 0.15) is 5.02 Å². The number of anilines is 1. The zero-order chi connectivity index (χ0) is 18.4. The van der Waals surface area contributed by atoms with Crippen molar-refractivity contribution in [3.05, 3.63) is 29.0 Å². The van der Waals surface area contributed by atoms with Gasteiger partial charge in [-0.1, -0.05) is 16.8 Å². The van der Waals surface area contributed by atoms with Gasteiger partial charge in [0.2, 0.25) is 0 Å². The van der Waals surface area contributed by atoms with E-state index in [4.69, 9.17) is 20.9 Å². The van der Waals surface area contributed by atoms with Crippen molar-refractivity contribution in [2.24, 2.45) is 7.05 Å². The minimum absolute atomic E-state index is 0.0786. The number of fused-ring (bicyclic) bond motifs is 1. The summed E-state index contributed by atoms with van der Waals surface area (Å²) in [6.45, 7) is 5.32. The number of aryl methyl sites for hydroxylation is 1. The van der Waals surface area contributed by atoms with E-state index in [1.807, 2.05) is 37.7 Å². The van der Waals surface area contributed by atoms with Crippen molar-refractivity contribution >= 4 is 28.3 Å². The van der Waals surface area contributed by atoms with Gasteiger partial charge in [0.25, 0.3) is 0 Å². The van der Waals surface area contributed by atoms with Crippen LogP contribution in [0.25, 0.3) is 22.5 Å². The summed E-state index contributed by atoms with van der Waals surface area (Å²) in [7, 11) is 1.89. The van der Waals surface area contributed by atoms with Crippen molar-refractivity contribution in [1.29, 1.82) is 0 Å². The van der Waals surface area contributed by atoms with E-state index >= 15 is 0 Å². The van der Waals surface area contributed by atoms with E-state index in [0.717, 1.165) is 16.6 Å². The Morgan fingerprint density at radius 1 is 1.31 bits per heavy atom. The minimum Gasteiger partial charge on any atom is -0.392 e. The first-order chi connectivity index (χ1) is 12.5. The second-order valence-electron chi connectivity index (χ2n) is 6.79. The molecule has 2 atom stereocenters. The molecule has 8 heteroatoms. The maximum Gasteiger partial charge on any atom is 0.188 e. The predicted molar refractivity (Wildman–Crippen MR) is 99.4 cm³/mol. The number of halogens is 1. The zero-order valence-electron chi connectivity index (χ0n) is 14.9. The fourth-order valence-electron chi connectivity index (χ4n) is 3.66. The highest BCUT2D eigenvalue weighted by Crippen LogP contribution is 2.41. The van der Waals surface area contributed by atoms with Crippen LogP contribution >= 0.6 is 11.6 Å². The Hall–Kier alpha value is -2.09. The average molecular weight is 377 g/mol. The lowest BCUT2D eigenvalue weighted by Crippen LogP contribution is -2.46. The van der Waals surface area contributed by atoms with Crippen molar-refractivity contribution in [3.8, 4) is 11.5 Å². The molecule has 0 saturated carbocycles. The van der Waals surface area contributed by atoms with E-state index in [9.17, 15) is 5.11 Å². The zero-order valence-corrected chi connectivity index (χ0v) is 15.7. The summed E-state index contributed by atoms with van der Waals surface area (Å²) in [6, 6.07) is 1.89. The molecule has 0 spiro atoms. The molecule has 138 valence electrons. The fourth-order valence-corrected chi connectivity index (χ4v) is 4.04. The maximum atomic E-state index is 9.99. The Morgan fingerprint density at radius 2 is 2.04 bits per heavy atom. The molecule has 0 bridgehead atoms. The second kappa shape index (κ2) is 6.57. The summed E-state index contributed by atoms with van der Waals surface area (Å²) in [5.74, 6) is 0.685. The fraction of sp³-hybridized carbons (Fsp3) is 0.444. The SMILES string of the molecule is CC1CN(c2c(CO)cc3c(-c4nccn4C)noc3c2Cl)CC(C)O1. The van der Waals surface area contributed by atoms with Crippen LogP contribution in [-0.4, -0.2) is 45.1 Å². The molecule has 4 rings (SSSR count). The topological polar surface area (TPSA) is 76.5 Å². The number of morpholine rings is 1. The lowest BCUT2D eigenvalue weighted by atomic mass is 10.1. The number of hydrogen-bond acceptors (Lipinski definition) is 6. The van der Waals surface area contributed by atoms with E-state index in [-0.39, 0.29) is 18.8 Å². The summed E-state index contributed by atoms with van der Waals surface area (Å²) in [4.78, 5) is 6.48. The Morgan fingerprint density at radius 3 is 2.65 bits per heavy atom. The van der Waals surface area contributed by atoms with Gasteiger partial charge >= 0.3 is 0 Å². The standard InChI is InChI=1S/C18H21ClN4O3/c1-10-7-23(8-11(2)25-10)16-12(9-24)6-13-15(18-20-4-5-22(18)3)21-26-17(13)14(16)19/h4-6,10-11,24H,7-9H2,1-3H3. The third-order valence-corrected chi connectivity index (χ3v) is 5.05. The monoisotopic (exact) mass is 376 g/mol. The molecule has 1 aliphatic heterocycles. The predicted octanol–water partition coefficient (Wildman–Crippen LogP) is 2.99. The Kier molecular flexibility index (Phi) is 4.38. The van der Waals surface area contributed by atoms with Crippen molar-refractivity contribution in [1.82, 2.24) is 14.7 Å². The number of nitrogens with zero attached hydrogens (tertiary/aromatic N) is 4. The van der Waals surface area contributed by atoms with Gasteiger partial charge in [-0.2, -0.15) is 0 Å². The van der Waals surface area contributed by atoms with Crippen LogP contribution in [0.2, 0.25) is 5.02 Å². The van der Waals surface area contributed by atoms with Crippen molar-refractivity contribution < 1.29 is 14.4 Å². The molecule has 3 aromatic rings. The molecule has 0 radical (unpaired) electrons. The number of ether oxygens (including phenoxy) is 1. The molecular formula is C18H21ClN4O3. The summed E-state index contributed by atoms with van der Waals surface area (Å²) in [5.41, 5.74) is 2.64. The largest absolute Gasteiger partial charge is 0.392 e. The molecule has 2 aromatic heterocycles. The van der Waals surface area contributed by atoms with Crippen LogP contribution in [0.3, 0.4) is 0 Å². The number of imidazole rings is 1. The number of aliphatic hydroxyl groups excluding tert-OH is 1. The normalized spacial score (nSPS) is 20.9. The summed E-state index contributed by atoms with van der Waals surface area (Å²) in [6.07, 6.45) is 3.70. The third-order valence-electron chi connectivity index (χ3n) is 4.70. The van der Waals surface area contributed by atoms with E-state index in [1.165, 1.54) is 0 Å². The number of aromatic nitrogens is 3. The molecule has 7 nitrogen and oxygen atoms in total. The second-order valence-corrected chi connectivity index (χ2v) is 7.17. The minimum atomic E-state index is -0.129.